The van der Waals surface area contributed by atoms with Crippen LogP contribution in [0.2, 0.25) is 0 Å². The lowest BCUT2D eigenvalue weighted by Crippen LogP contribution is -2.59. The molecule has 2 N–H and O–H groups in total. The first-order valence-electron chi connectivity index (χ1n) is 5.82. The highest BCUT2D eigenvalue weighted by atomic mass is 16.6. The number of cyclic esters (lactones) is 2. The van der Waals surface area contributed by atoms with Crippen LogP contribution >= 0.6 is 0 Å². The fourth-order valence-electron chi connectivity index (χ4n) is 2.21. The summed E-state index contributed by atoms with van der Waals surface area (Å²) in [5, 5.41) is 6.01. The summed E-state index contributed by atoms with van der Waals surface area (Å²) < 4.78 is 4.02. The van der Waals surface area contributed by atoms with Crippen LogP contribution in [-0.4, -0.2) is 48.2 Å². The minimum atomic E-state index is -1.38. The van der Waals surface area contributed by atoms with Gasteiger partial charge in [-0.1, -0.05) is 0 Å². The van der Waals surface area contributed by atoms with E-state index in [2.05, 4.69) is 15.4 Å². The molecule has 2 aliphatic heterocycles. The molecule has 2 fully saturated rings. The highest BCUT2D eigenvalue weighted by Gasteiger charge is 2.45. The Morgan fingerprint density at radius 2 is 1.78 bits per heavy atom. The second kappa shape index (κ2) is 4.95. The van der Waals surface area contributed by atoms with E-state index in [0.29, 0.717) is 0 Å². The zero-order valence-electron chi connectivity index (χ0n) is 9.89. The molecular weight excluding hydrogens is 240 g/mol. The van der Waals surface area contributed by atoms with Crippen molar-refractivity contribution in [1.82, 2.24) is 10.6 Å². The molecule has 2 unspecified atom stereocenters. The van der Waals surface area contributed by atoms with E-state index in [1.54, 1.807) is 0 Å². The van der Waals surface area contributed by atoms with Crippen molar-refractivity contribution < 1.29 is 23.9 Å². The molecule has 7 heteroatoms. The maximum absolute atomic E-state index is 11.5. The van der Waals surface area contributed by atoms with E-state index in [0.717, 1.165) is 19.4 Å². The van der Waals surface area contributed by atoms with Crippen LogP contribution in [0.15, 0.2) is 0 Å². The first kappa shape index (κ1) is 12.8. The van der Waals surface area contributed by atoms with E-state index < -0.39 is 29.5 Å². The van der Waals surface area contributed by atoms with Crippen LogP contribution in [0.4, 0.5) is 0 Å². The number of esters is 2. The molecule has 0 bridgehead atoms. The third kappa shape index (κ3) is 2.46. The Bertz CT molecular complexity index is 394. The Morgan fingerprint density at radius 3 is 2.33 bits per heavy atom. The molecule has 18 heavy (non-hydrogen) atoms. The summed E-state index contributed by atoms with van der Waals surface area (Å²) in [5.41, 5.74) is 0. The standard InChI is InChI=1S/C11H14N2O5/c1-5-4-6(2-3-12-5)13-7-8(14)10(16)18-11(17)9(7)15/h5-7,12-13H,2-4H2,1H3. The maximum atomic E-state index is 11.5. The van der Waals surface area contributed by atoms with E-state index in [9.17, 15) is 19.2 Å². The number of nitrogens with one attached hydrogen (secondary N) is 2. The van der Waals surface area contributed by atoms with Crippen molar-refractivity contribution in [2.24, 2.45) is 0 Å². The molecule has 2 heterocycles. The Balaban J connectivity index is 2.06. The summed E-state index contributed by atoms with van der Waals surface area (Å²) in [6, 6.07) is -1.19. The van der Waals surface area contributed by atoms with Crippen LogP contribution in [0.1, 0.15) is 19.8 Å². The minimum Gasteiger partial charge on any atom is -0.381 e. The molecule has 98 valence electrons. The molecule has 0 spiro atoms. The summed E-state index contributed by atoms with van der Waals surface area (Å²) in [6.07, 6.45) is 1.45. The number of carbonyl (C=O) groups excluding carboxylic acids is 4. The monoisotopic (exact) mass is 254 g/mol. The molecule has 0 aromatic carbocycles. The van der Waals surface area contributed by atoms with E-state index in [1.165, 1.54) is 0 Å². The van der Waals surface area contributed by atoms with Gasteiger partial charge in [-0.15, -0.1) is 0 Å². The Labute approximate surface area is 103 Å². The quantitative estimate of drug-likeness (QED) is 0.344. The van der Waals surface area contributed by atoms with Gasteiger partial charge < -0.3 is 10.1 Å². The second-order valence-corrected chi connectivity index (χ2v) is 4.58. The number of rotatable bonds is 2. The summed E-state index contributed by atoms with van der Waals surface area (Å²) >= 11 is 0. The lowest BCUT2D eigenvalue weighted by molar-refractivity contribution is -0.173. The van der Waals surface area contributed by atoms with Gasteiger partial charge in [-0.25, -0.2) is 9.59 Å². The van der Waals surface area contributed by atoms with Crippen LogP contribution in [0.3, 0.4) is 0 Å². The lowest BCUT2D eigenvalue weighted by Gasteiger charge is -2.31. The molecule has 0 radical (unpaired) electrons. The second-order valence-electron chi connectivity index (χ2n) is 4.58. The number of Topliss-reactive ketones (excluding diaryl/α,β-unsaturated/α-hetero) is 2. The van der Waals surface area contributed by atoms with E-state index in [1.807, 2.05) is 6.92 Å². The molecule has 0 aromatic heterocycles. The molecule has 0 aromatic rings. The van der Waals surface area contributed by atoms with Gasteiger partial charge in [-0.05, 0) is 26.3 Å². The number of ketones is 2. The molecule has 2 rings (SSSR count). The molecule has 2 atom stereocenters. The number of piperidine rings is 1. The predicted molar refractivity (Wildman–Crippen MR) is 58.5 cm³/mol. The molecular formula is C11H14N2O5. The van der Waals surface area contributed by atoms with Crippen LogP contribution in [0.5, 0.6) is 0 Å². The lowest BCUT2D eigenvalue weighted by atomic mass is 9.97. The summed E-state index contributed by atoms with van der Waals surface area (Å²) in [4.78, 5) is 45.2. The predicted octanol–water partition coefficient (Wildman–Crippen LogP) is -1.69. The number of hydrogen-bond acceptors (Lipinski definition) is 7. The topological polar surface area (TPSA) is 102 Å². The van der Waals surface area contributed by atoms with Crippen molar-refractivity contribution in [3.63, 3.8) is 0 Å². The fourth-order valence-corrected chi connectivity index (χ4v) is 2.21. The van der Waals surface area contributed by atoms with E-state index in [4.69, 9.17) is 0 Å². The van der Waals surface area contributed by atoms with Gasteiger partial charge in [0.2, 0.25) is 0 Å². The van der Waals surface area contributed by atoms with Crippen molar-refractivity contribution in [2.75, 3.05) is 6.54 Å². The van der Waals surface area contributed by atoms with Gasteiger partial charge in [0, 0.05) is 12.1 Å². The highest BCUT2D eigenvalue weighted by molar-refractivity contribution is 6.55. The largest absolute Gasteiger partial charge is 0.384 e. The Kier molecular flexibility index (Phi) is 3.53. The van der Waals surface area contributed by atoms with Crippen LogP contribution < -0.4 is 10.6 Å². The van der Waals surface area contributed by atoms with Crippen molar-refractivity contribution in [3.8, 4) is 0 Å². The molecule has 7 nitrogen and oxygen atoms in total. The Morgan fingerprint density at radius 1 is 1.17 bits per heavy atom. The first-order valence-corrected chi connectivity index (χ1v) is 5.82. The fraction of sp³-hybridized carbons (Fsp3) is 0.636. The highest BCUT2D eigenvalue weighted by Crippen LogP contribution is 2.11. The molecule has 2 aliphatic rings. The van der Waals surface area contributed by atoms with Gasteiger partial charge in [0.1, 0.15) is 6.04 Å². The smallest absolute Gasteiger partial charge is 0.381 e. The van der Waals surface area contributed by atoms with Crippen molar-refractivity contribution in [3.05, 3.63) is 0 Å². The van der Waals surface area contributed by atoms with Gasteiger partial charge >= 0.3 is 11.9 Å². The van der Waals surface area contributed by atoms with E-state index >= 15 is 0 Å². The van der Waals surface area contributed by atoms with Crippen molar-refractivity contribution in [1.29, 1.82) is 0 Å². The third-order valence-electron chi connectivity index (χ3n) is 3.14. The summed E-state index contributed by atoms with van der Waals surface area (Å²) in [5.74, 6) is -4.52. The van der Waals surface area contributed by atoms with Gasteiger partial charge in [-0.3, -0.25) is 14.9 Å². The van der Waals surface area contributed by atoms with E-state index in [-0.39, 0.29) is 12.1 Å². The zero-order valence-corrected chi connectivity index (χ0v) is 9.89. The van der Waals surface area contributed by atoms with Crippen LogP contribution in [0.25, 0.3) is 0 Å². The average molecular weight is 254 g/mol. The summed E-state index contributed by atoms with van der Waals surface area (Å²) in [6.45, 7) is 2.74. The summed E-state index contributed by atoms with van der Waals surface area (Å²) in [7, 11) is 0. The maximum Gasteiger partial charge on any atom is 0.384 e. The van der Waals surface area contributed by atoms with Gasteiger partial charge in [0.25, 0.3) is 11.6 Å². The molecule has 0 amide bonds. The van der Waals surface area contributed by atoms with Gasteiger partial charge in [-0.2, -0.15) is 0 Å². The van der Waals surface area contributed by atoms with Gasteiger partial charge in [0.05, 0.1) is 0 Å². The molecule has 2 saturated heterocycles. The Hall–Kier alpha value is -1.60. The zero-order chi connectivity index (χ0) is 13.3. The van der Waals surface area contributed by atoms with Crippen LogP contribution in [0, 0.1) is 0 Å². The van der Waals surface area contributed by atoms with Crippen molar-refractivity contribution >= 4 is 23.5 Å². The number of carbonyl (C=O) groups is 4. The number of ether oxygens (including phenoxy) is 1. The average Bonchev–Trinajstić information content (AvgIpc) is 2.32. The minimum absolute atomic E-state index is 0.0714. The molecule has 0 aliphatic carbocycles. The van der Waals surface area contributed by atoms with Gasteiger partial charge in [0.15, 0.2) is 0 Å². The SMILES string of the molecule is CC1CC(NC2C(=O)C(=O)OC(=O)C2=O)CCN1. The molecule has 0 saturated carbocycles. The van der Waals surface area contributed by atoms with Crippen LogP contribution in [-0.2, 0) is 23.9 Å². The third-order valence-corrected chi connectivity index (χ3v) is 3.14. The van der Waals surface area contributed by atoms with Crippen molar-refractivity contribution in [2.45, 2.75) is 37.9 Å². The normalized spacial score (nSPS) is 30.5. The number of hydrogen-bond donors (Lipinski definition) is 2. The first-order chi connectivity index (χ1) is 8.49.